The van der Waals surface area contributed by atoms with Gasteiger partial charge in [-0.3, -0.25) is 4.79 Å². The van der Waals surface area contributed by atoms with Crippen LogP contribution in [0.15, 0.2) is 60.7 Å². The molecule has 0 aromatic heterocycles. The Morgan fingerprint density at radius 2 is 1.64 bits per heavy atom. The van der Waals surface area contributed by atoms with E-state index in [-0.39, 0.29) is 11.5 Å². The van der Waals surface area contributed by atoms with Crippen LogP contribution in [0.4, 0.5) is 0 Å². The Morgan fingerprint density at radius 3 is 2.32 bits per heavy atom. The molecule has 5 heteroatoms. The third-order valence-corrected chi connectivity index (χ3v) is 5.94. The summed E-state index contributed by atoms with van der Waals surface area (Å²) in [6.45, 7) is 4.26. The zero-order valence-electron chi connectivity index (χ0n) is 16.2. The van der Waals surface area contributed by atoms with Crippen molar-refractivity contribution < 1.29 is 14.6 Å². The van der Waals surface area contributed by atoms with E-state index in [1.165, 1.54) is 0 Å². The van der Waals surface area contributed by atoms with Gasteiger partial charge in [0, 0.05) is 31.7 Å². The number of benzene rings is 2. The molecule has 1 spiro atoms. The second kappa shape index (κ2) is 8.43. The standard InChI is InChI=1S/C23H28N2O3/c26-21(19-7-3-1-4-8-19)17-24-13-11-23(12-14-24)18-25(15-16-28-23)22(27)20-9-5-2-6-10-20/h1-10,21,26H,11-18H2. The molecule has 1 amide bonds. The summed E-state index contributed by atoms with van der Waals surface area (Å²) in [4.78, 5) is 17.1. The van der Waals surface area contributed by atoms with E-state index >= 15 is 0 Å². The van der Waals surface area contributed by atoms with Crippen molar-refractivity contribution in [3.05, 3.63) is 71.8 Å². The summed E-state index contributed by atoms with van der Waals surface area (Å²) in [7, 11) is 0. The number of piperidine rings is 1. The zero-order chi connectivity index (χ0) is 19.4. The van der Waals surface area contributed by atoms with Gasteiger partial charge < -0.3 is 19.6 Å². The van der Waals surface area contributed by atoms with Gasteiger partial charge in [0.2, 0.25) is 0 Å². The number of carbonyl (C=O) groups is 1. The third-order valence-electron chi connectivity index (χ3n) is 5.94. The molecule has 2 aliphatic heterocycles. The van der Waals surface area contributed by atoms with E-state index in [2.05, 4.69) is 4.90 Å². The summed E-state index contributed by atoms with van der Waals surface area (Å²) in [6, 6.07) is 19.3. The van der Waals surface area contributed by atoms with E-state index in [1.54, 1.807) is 0 Å². The first kappa shape index (κ1) is 19.1. The van der Waals surface area contributed by atoms with Gasteiger partial charge in [0.25, 0.3) is 5.91 Å². The Bertz CT molecular complexity index is 773. The van der Waals surface area contributed by atoms with Gasteiger partial charge >= 0.3 is 0 Å². The molecule has 5 nitrogen and oxygen atoms in total. The average molecular weight is 380 g/mol. The van der Waals surface area contributed by atoms with Crippen LogP contribution in [0.5, 0.6) is 0 Å². The van der Waals surface area contributed by atoms with Crippen molar-refractivity contribution in [2.24, 2.45) is 0 Å². The van der Waals surface area contributed by atoms with Crippen LogP contribution in [0.2, 0.25) is 0 Å². The Hall–Kier alpha value is -2.21. The maximum absolute atomic E-state index is 12.8. The van der Waals surface area contributed by atoms with Crippen LogP contribution < -0.4 is 0 Å². The Balaban J connectivity index is 1.34. The Morgan fingerprint density at radius 1 is 1.00 bits per heavy atom. The van der Waals surface area contributed by atoms with Gasteiger partial charge in [-0.15, -0.1) is 0 Å². The molecule has 1 unspecified atom stereocenters. The molecular weight excluding hydrogens is 352 g/mol. The number of hydrogen-bond acceptors (Lipinski definition) is 4. The first-order valence-electron chi connectivity index (χ1n) is 10.1. The lowest BCUT2D eigenvalue weighted by Crippen LogP contribution is -2.58. The van der Waals surface area contributed by atoms with E-state index in [0.29, 0.717) is 26.2 Å². The number of nitrogens with zero attached hydrogens (tertiary/aromatic N) is 2. The molecule has 2 aromatic carbocycles. The maximum Gasteiger partial charge on any atom is 0.254 e. The minimum atomic E-state index is -0.473. The minimum absolute atomic E-state index is 0.0882. The van der Waals surface area contributed by atoms with Crippen LogP contribution in [0.3, 0.4) is 0 Å². The first-order chi connectivity index (χ1) is 13.7. The van der Waals surface area contributed by atoms with Crippen molar-refractivity contribution in [2.45, 2.75) is 24.5 Å². The molecule has 0 bridgehead atoms. The van der Waals surface area contributed by atoms with E-state index in [4.69, 9.17) is 4.74 Å². The summed E-state index contributed by atoms with van der Waals surface area (Å²) in [5.41, 5.74) is 1.44. The number of aliphatic hydroxyl groups is 1. The fourth-order valence-electron chi connectivity index (χ4n) is 4.25. The summed E-state index contributed by atoms with van der Waals surface area (Å²) < 4.78 is 6.18. The minimum Gasteiger partial charge on any atom is -0.387 e. The number of aliphatic hydroxyl groups excluding tert-OH is 1. The van der Waals surface area contributed by atoms with Crippen molar-refractivity contribution in [1.29, 1.82) is 0 Å². The van der Waals surface area contributed by atoms with Crippen LogP contribution in [0.25, 0.3) is 0 Å². The molecule has 148 valence electrons. The van der Waals surface area contributed by atoms with Crippen molar-refractivity contribution in [3.63, 3.8) is 0 Å². The maximum atomic E-state index is 12.8. The summed E-state index contributed by atoms with van der Waals surface area (Å²) in [6.07, 6.45) is 1.29. The molecule has 0 aliphatic carbocycles. The normalized spacial score (nSPS) is 20.8. The van der Waals surface area contributed by atoms with Gasteiger partial charge in [0.15, 0.2) is 0 Å². The first-order valence-corrected chi connectivity index (χ1v) is 10.1. The van der Waals surface area contributed by atoms with Gasteiger partial charge in [0.05, 0.1) is 24.9 Å². The molecule has 2 fully saturated rings. The second-order valence-electron chi connectivity index (χ2n) is 7.85. The summed E-state index contributed by atoms with van der Waals surface area (Å²) >= 11 is 0. The van der Waals surface area contributed by atoms with E-state index in [0.717, 1.165) is 37.1 Å². The number of carbonyl (C=O) groups excluding carboxylic acids is 1. The summed E-state index contributed by atoms with van der Waals surface area (Å²) in [5.74, 6) is 0.0882. The molecule has 2 saturated heterocycles. The number of likely N-dealkylation sites (tertiary alicyclic amines) is 1. The van der Waals surface area contributed by atoms with Crippen molar-refractivity contribution >= 4 is 5.91 Å². The van der Waals surface area contributed by atoms with Crippen LogP contribution >= 0.6 is 0 Å². The van der Waals surface area contributed by atoms with Gasteiger partial charge in [0.1, 0.15) is 0 Å². The predicted molar refractivity (Wildman–Crippen MR) is 108 cm³/mol. The quantitative estimate of drug-likeness (QED) is 0.886. The van der Waals surface area contributed by atoms with E-state index in [9.17, 15) is 9.90 Å². The molecule has 4 rings (SSSR count). The highest BCUT2D eigenvalue weighted by Gasteiger charge is 2.41. The number of hydrogen-bond donors (Lipinski definition) is 1. The molecule has 1 atom stereocenters. The fraction of sp³-hybridized carbons (Fsp3) is 0.435. The molecular formula is C23H28N2O3. The Labute approximate surface area is 166 Å². The number of rotatable bonds is 4. The molecule has 28 heavy (non-hydrogen) atoms. The lowest BCUT2D eigenvalue weighted by atomic mass is 9.88. The molecule has 0 saturated carbocycles. The van der Waals surface area contributed by atoms with Crippen LogP contribution in [0, 0.1) is 0 Å². The van der Waals surface area contributed by atoms with Gasteiger partial charge in [-0.05, 0) is 30.5 Å². The van der Waals surface area contributed by atoms with Gasteiger partial charge in [-0.2, -0.15) is 0 Å². The lowest BCUT2D eigenvalue weighted by molar-refractivity contribution is -0.129. The summed E-state index contributed by atoms with van der Waals surface area (Å²) in [5, 5.41) is 10.5. The van der Waals surface area contributed by atoms with Crippen LogP contribution in [-0.2, 0) is 4.74 Å². The molecule has 2 aromatic rings. The highest BCUT2D eigenvalue weighted by atomic mass is 16.5. The predicted octanol–water partition coefficient (Wildman–Crippen LogP) is 2.73. The molecule has 1 N–H and O–H groups in total. The number of amides is 1. The second-order valence-corrected chi connectivity index (χ2v) is 7.85. The highest BCUT2D eigenvalue weighted by molar-refractivity contribution is 5.94. The lowest BCUT2D eigenvalue weighted by Gasteiger charge is -2.47. The highest BCUT2D eigenvalue weighted by Crippen LogP contribution is 2.31. The Kier molecular flexibility index (Phi) is 5.76. The number of β-amino-alcohol motifs (C(OH)–C–C–N with tert-alkyl or cyclic N) is 1. The molecule has 2 heterocycles. The van der Waals surface area contributed by atoms with Crippen LogP contribution in [0.1, 0.15) is 34.9 Å². The number of morpholine rings is 1. The van der Waals surface area contributed by atoms with Gasteiger partial charge in [-0.1, -0.05) is 48.5 Å². The van der Waals surface area contributed by atoms with Crippen molar-refractivity contribution in [2.75, 3.05) is 39.3 Å². The third kappa shape index (κ3) is 4.27. The van der Waals surface area contributed by atoms with Gasteiger partial charge in [-0.25, -0.2) is 0 Å². The topological polar surface area (TPSA) is 53.0 Å². The monoisotopic (exact) mass is 380 g/mol. The molecule has 0 radical (unpaired) electrons. The fourth-order valence-corrected chi connectivity index (χ4v) is 4.25. The van der Waals surface area contributed by atoms with Crippen molar-refractivity contribution in [3.8, 4) is 0 Å². The average Bonchev–Trinajstić information content (AvgIpc) is 2.76. The smallest absolute Gasteiger partial charge is 0.254 e. The zero-order valence-corrected chi connectivity index (χ0v) is 16.2. The van der Waals surface area contributed by atoms with E-state index in [1.807, 2.05) is 65.6 Å². The van der Waals surface area contributed by atoms with Crippen LogP contribution in [-0.4, -0.2) is 65.7 Å². The van der Waals surface area contributed by atoms with E-state index < -0.39 is 6.10 Å². The molecule has 2 aliphatic rings. The SMILES string of the molecule is O=C(c1ccccc1)N1CCOC2(CCN(CC(O)c3ccccc3)CC2)C1. The number of ether oxygens (including phenoxy) is 1. The van der Waals surface area contributed by atoms with Crippen molar-refractivity contribution in [1.82, 2.24) is 9.80 Å². The largest absolute Gasteiger partial charge is 0.387 e.